The highest BCUT2D eigenvalue weighted by molar-refractivity contribution is 7.99. The van der Waals surface area contributed by atoms with Crippen molar-refractivity contribution in [2.45, 2.75) is 51.4 Å². The van der Waals surface area contributed by atoms with Gasteiger partial charge in [0.1, 0.15) is 5.60 Å². The van der Waals surface area contributed by atoms with Crippen molar-refractivity contribution in [2.24, 2.45) is 0 Å². The van der Waals surface area contributed by atoms with Crippen LogP contribution in [0.4, 0.5) is 10.6 Å². The summed E-state index contributed by atoms with van der Waals surface area (Å²) in [6.45, 7) is 8.91. The first-order chi connectivity index (χ1) is 15.8. The highest BCUT2D eigenvalue weighted by Gasteiger charge is 2.17. The topological polar surface area (TPSA) is 107 Å². The zero-order chi connectivity index (χ0) is 23.8. The largest absolute Gasteiger partial charge is 0.444 e. The lowest BCUT2D eigenvalue weighted by atomic mass is 10.1. The van der Waals surface area contributed by atoms with E-state index in [1.807, 2.05) is 45.0 Å². The fourth-order valence-corrected chi connectivity index (χ4v) is 3.56. The molecular weight excluding hydrogens is 438 g/mol. The van der Waals surface area contributed by atoms with E-state index in [2.05, 4.69) is 43.8 Å². The number of anilines is 1. The van der Waals surface area contributed by atoms with Crippen molar-refractivity contribution < 1.29 is 9.53 Å². The van der Waals surface area contributed by atoms with Crippen LogP contribution in [0, 0.1) is 12.3 Å². The molecule has 0 atom stereocenters. The van der Waals surface area contributed by atoms with E-state index in [0.717, 1.165) is 23.3 Å². The number of rotatable bonds is 9. The first kappa shape index (κ1) is 24.3. The van der Waals surface area contributed by atoms with Gasteiger partial charge in [-0.2, -0.15) is 0 Å². The lowest BCUT2D eigenvalue weighted by Crippen LogP contribution is -2.35. The minimum absolute atomic E-state index is 0.369. The molecule has 10 heteroatoms. The second-order valence-corrected chi connectivity index (χ2v) is 9.38. The number of carbonyl (C=O) groups excluding carboxylic acids is 1. The van der Waals surface area contributed by atoms with Gasteiger partial charge in [0.25, 0.3) is 0 Å². The zero-order valence-electron chi connectivity index (χ0n) is 19.4. The van der Waals surface area contributed by atoms with Crippen LogP contribution in [0.15, 0.2) is 29.4 Å². The number of nitrogens with zero attached hydrogens (tertiary/aromatic N) is 5. The number of hydrogen-bond donors (Lipinski definition) is 2. The first-order valence-electron chi connectivity index (χ1n) is 10.8. The van der Waals surface area contributed by atoms with E-state index in [9.17, 15) is 4.79 Å². The van der Waals surface area contributed by atoms with Crippen molar-refractivity contribution in [1.82, 2.24) is 30.3 Å². The Morgan fingerprint density at radius 1 is 1.21 bits per heavy atom. The predicted molar refractivity (Wildman–Crippen MR) is 130 cm³/mol. The average Bonchev–Trinajstić information content (AvgIpc) is 3.17. The quantitative estimate of drug-likeness (QED) is 0.212. The first-order valence-corrected chi connectivity index (χ1v) is 11.8. The minimum Gasteiger partial charge on any atom is -0.444 e. The van der Waals surface area contributed by atoms with Crippen molar-refractivity contribution in [3.63, 3.8) is 0 Å². The van der Waals surface area contributed by atoms with Crippen LogP contribution >= 0.6 is 11.8 Å². The second-order valence-electron chi connectivity index (χ2n) is 8.32. The van der Waals surface area contributed by atoms with E-state index in [4.69, 9.17) is 11.2 Å². The predicted octanol–water partition coefficient (Wildman–Crippen LogP) is 3.69. The number of benzene rings is 1. The monoisotopic (exact) mass is 467 g/mol. The van der Waals surface area contributed by atoms with E-state index >= 15 is 0 Å². The van der Waals surface area contributed by atoms with Crippen LogP contribution in [0.2, 0.25) is 0 Å². The van der Waals surface area contributed by atoms with E-state index in [1.165, 1.54) is 0 Å². The molecule has 1 amide bonds. The van der Waals surface area contributed by atoms with Gasteiger partial charge in [-0.3, -0.25) is 0 Å². The van der Waals surface area contributed by atoms with Crippen molar-refractivity contribution >= 4 is 34.8 Å². The zero-order valence-corrected chi connectivity index (χ0v) is 20.2. The molecule has 0 fully saturated rings. The molecule has 1 aromatic carbocycles. The van der Waals surface area contributed by atoms with Gasteiger partial charge in [0.2, 0.25) is 0 Å². The molecule has 3 rings (SSSR count). The summed E-state index contributed by atoms with van der Waals surface area (Å²) < 4.78 is 7.01. The summed E-state index contributed by atoms with van der Waals surface area (Å²) >= 11 is 1.58. The summed E-state index contributed by atoms with van der Waals surface area (Å²) in [4.78, 5) is 21.1. The Balaban J connectivity index is 1.75. The second kappa shape index (κ2) is 11.0. The third-order valence-corrected chi connectivity index (χ3v) is 5.37. The molecule has 2 N–H and O–H groups in total. The molecule has 0 bridgehead atoms. The van der Waals surface area contributed by atoms with Crippen molar-refractivity contribution in [3.05, 3.63) is 35.4 Å². The van der Waals surface area contributed by atoms with Crippen LogP contribution in [0.1, 0.15) is 45.2 Å². The summed E-state index contributed by atoms with van der Waals surface area (Å²) in [6.07, 6.45) is 5.99. The Kier molecular flexibility index (Phi) is 8.11. The van der Waals surface area contributed by atoms with Gasteiger partial charge >= 0.3 is 6.09 Å². The normalized spacial score (nSPS) is 11.2. The highest BCUT2D eigenvalue weighted by Crippen LogP contribution is 2.23. The molecule has 0 aliphatic carbocycles. The van der Waals surface area contributed by atoms with Gasteiger partial charge < -0.3 is 15.4 Å². The highest BCUT2D eigenvalue weighted by atomic mass is 32.2. The van der Waals surface area contributed by atoms with Gasteiger partial charge in [-0.05, 0) is 44.9 Å². The Labute approximate surface area is 198 Å². The van der Waals surface area contributed by atoms with E-state index < -0.39 is 11.7 Å². The number of fused-ring (bicyclic) bond motifs is 1. The molecule has 2 aromatic heterocycles. The van der Waals surface area contributed by atoms with E-state index in [1.54, 1.807) is 16.4 Å². The maximum atomic E-state index is 11.8. The molecule has 3 aromatic rings. The molecule has 0 saturated heterocycles. The maximum Gasteiger partial charge on any atom is 0.407 e. The Morgan fingerprint density at radius 3 is 2.64 bits per heavy atom. The molecule has 0 unspecified atom stereocenters. The molecule has 0 aliphatic heterocycles. The van der Waals surface area contributed by atoms with Crippen molar-refractivity contribution in [2.75, 3.05) is 24.2 Å². The number of hydrogen-bond acceptors (Lipinski definition) is 8. The number of aromatic nitrogens is 5. The fraction of sp³-hybridized carbons (Fsp3) is 0.435. The van der Waals surface area contributed by atoms with Gasteiger partial charge in [0.15, 0.2) is 22.1 Å². The van der Waals surface area contributed by atoms with Gasteiger partial charge in [0, 0.05) is 24.4 Å². The van der Waals surface area contributed by atoms with Crippen molar-refractivity contribution in [3.8, 4) is 12.3 Å². The number of thioether (sulfide) groups is 1. The smallest absolute Gasteiger partial charge is 0.407 e. The van der Waals surface area contributed by atoms with Gasteiger partial charge in [-0.1, -0.05) is 42.0 Å². The number of nitrogens with one attached hydrogen (secondary N) is 2. The number of alkyl carbamates (subject to hydrolysis) is 1. The summed E-state index contributed by atoms with van der Waals surface area (Å²) in [5.74, 6) is 4.10. The fourth-order valence-electron chi connectivity index (χ4n) is 2.86. The Morgan fingerprint density at radius 2 is 1.97 bits per heavy atom. The van der Waals surface area contributed by atoms with Crippen LogP contribution in [0.5, 0.6) is 0 Å². The standard InChI is InChI=1S/C23H29N7O2S/c1-6-14-33-21-26-19(24-12-13-25-22(31)32-23(3,4)5)18-20(27-21)30(29-28-18)15-17-10-8-16(7-2)9-11-17/h2,8-11H,6,12-15H2,1,3-5H3,(H,25,31)(H,24,26,27). The molecule has 9 nitrogen and oxygen atoms in total. The molecule has 0 saturated carbocycles. The lowest BCUT2D eigenvalue weighted by molar-refractivity contribution is 0.0530. The summed E-state index contributed by atoms with van der Waals surface area (Å²) in [5, 5.41) is 15.2. The maximum absolute atomic E-state index is 11.8. The SMILES string of the molecule is C#Cc1ccc(Cn2nnc3c(NCCNC(=O)OC(C)(C)C)nc(SCCC)nc32)cc1. The minimum atomic E-state index is -0.540. The van der Waals surface area contributed by atoms with Crippen LogP contribution in [-0.2, 0) is 11.3 Å². The third-order valence-electron chi connectivity index (χ3n) is 4.32. The molecule has 0 aliphatic rings. The molecule has 33 heavy (non-hydrogen) atoms. The number of amides is 1. The molecular formula is C23H29N7O2S. The molecule has 0 spiro atoms. The van der Waals surface area contributed by atoms with Crippen LogP contribution in [-0.4, -0.2) is 55.5 Å². The van der Waals surface area contributed by atoms with Crippen LogP contribution in [0.25, 0.3) is 11.2 Å². The van der Waals surface area contributed by atoms with Gasteiger partial charge in [0.05, 0.1) is 6.54 Å². The molecule has 0 radical (unpaired) electrons. The number of carbonyl (C=O) groups is 1. The lowest BCUT2D eigenvalue weighted by Gasteiger charge is -2.19. The third kappa shape index (κ3) is 7.08. The number of terminal acetylenes is 1. The van der Waals surface area contributed by atoms with E-state index in [0.29, 0.717) is 41.8 Å². The summed E-state index contributed by atoms with van der Waals surface area (Å²) in [7, 11) is 0. The average molecular weight is 468 g/mol. The van der Waals surface area contributed by atoms with Crippen LogP contribution in [0.3, 0.4) is 0 Å². The Hall–Kier alpha value is -3.32. The summed E-state index contributed by atoms with van der Waals surface area (Å²) in [5.41, 5.74) is 2.55. The molecule has 174 valence electrons. The van der Waals surface area contributed by atoms with Crippen LogP contribution < -0.4 is 10.6 Å². The Bertz CT molecular complexity index is 1130. The van der Waals surface area contributed by atoms with E-state index in [-0.39, 0.29) is 0 Å². The summed E-state index contributed by atoms with van der Waals surface area (Å²) in [6, 6.07) is 7.74. The van der Waals surface area contributed by atoms with Crippen molar-refractivity contribution in [1.29, 1.82) is 0 Å². The number of ether oxygens (including phenoxy) is 1. The van der Waals surface area contributed by atoms with Gasteiger partial charge in [-0.15, -0.1) is 11.5 Å². The molecule has 2 heterocycles. The van der Waals surface area contributed by atoms with Gasteiger partial charge in [-0.25, -0.2) is 19.4 Å².